The van der Waals surface area contributed by atoms with Crippen molar-refractivity contribution in [3.63, 3.8) is 0 Å². The van der Waals surface area contributed by atoms with Gasteiger partial charge in [0.1, 0.15) is 11.2 Å². The number of non-ortho nitro benzene ring substituents is 1. The Hall–Kier alpha value is -3.36. The number of nitrogens with zero attached hydrogens (tertiary/aromatic N) is 5. The van der Waals surface area contributed by atoms with Crippen LogP contribution in [0.3, 0.4) is 0 Å². The molecule has 175 valence electrons. The van der Waals surface area contributed by atoms with Gasteiger partial charge in [-0.3, -0.25) is 15.1 Å². The van der Waals surface area contributed by atoms with Crippen molar-refractivity contribution in [1.82, 2.24) is 4.98 Å². The second-order valence-electron chi connectivity index (χ2n) is 5.61. The summed E-state index contributed by atoms with van der Waals surface area (Å²) in [6.45, 7) is 0. The summed E-state index contributed by atoms with van der Waals surface area (Å²) in [5.41, 5.74) is 9.93. The third-order valence-corrected chi connectivity index (χ3v) is 4.97. The summed E-state index contributed by atoms with van der Waals surface area (Å²) < 4.78 is 27.0. The molecule has 6 N–H and O–H groups in total. The van der Waals surface area contributed by atoms with Crippen LogP contribution in [0.25, 0.3) is 10.9 Å². The van der Waals surface area contributed by atoms with E-state index in [2.05, 4.69) is 44.8 Å². The van der Waals surface area contributed by atoms with Crippen molar-refractivity contribution in [3.8, 4) is 5.75 Å². The van der Waals surface area contributed by atoms with Crippen LogP contribution in [-0.4, -0.2) is 41.6 Å². The number of aliphatic hydroxyl groups is 1. The quantitative estimate of drug-likeness (QED) is 0.0935. The first kappa shape index (κ1) is 27.7. The number of benzene rings is 2. The van der Waals surface area contributed by atoms with Crippen molar-refractivity contribution in [1.29, 1.82) is 0 Å². The molecule has 0 saturated carbocycles. The number of nitro benzene ring substituents is 1. The standard InChI is InChI=1S/C16H13N7O5S.CH4O.ClH.Mn/c17-16(18)22-29(27,28)10-5-3-9(4-6-10)20-21-12-8-13(23(25)26)11-2-1-7-19-14(11)15(12)24;1-2;;/h1-8,24H,(H4,17,18,22);2H,1H3;1H;/q;;;+2/p-1. The van der Waals surface area contributed by atoms with E-state index in [-0.39, 0.29) is 38.6 Å². The van der Waals surface area contributed by atoms with E-state index in [0.717, 1.165) is 13.2 Å². The number of nitro groups is 1. The van der Waals surface area contributed by atoms with Crippen LogP contribution in [0.4, 0.5) is 17.1 Å². The molecule has 3 aromatic rings. The normalized spacial score (nSPS) is 10.5. The van der Waals surface area contributed by atoms with Crippen LogP contribution >= 0.6 is 10.1 Å². The van der Waals surface area contributed by atoms with Gasteiger partial charge in [0.25, 0.3) is 15.7 Å². The van der Waals surface area contributed by atoms with E-state index in [9.17, 15) is 23.6 Å². The number of sulfonamides is 1. The molecule has 0 saturated heterocycles. The number of hydrogen-bond acceptors (Lipinski definition) is 9. The Kier molecular flexibility index (Phi) is 10.6. The van der Waals surface area contributed by atoms with E-state index < -0.39 is 20.9 Å². The first-order chi connectivity index (χ1) is 15.7. The number of aromatic nitrogens is 1. The number of hydrogen-bond donors (Lipinski definition) is 4. The average molecular weight is 538 g/mol. The number of aromatic hydroxyl groups is 1. The number of nitrogens with two attached hydrogens (primary N) is 2. The Labute approximate surface area is 200 Å². The van der Waals surface area contributed by atoms with Gasteiger partial charge in [0.15, 0.2) is 5.75 Å². The number of phenols is 1. The van der Waals surface area contributed by atoms with Gasteiger partial charge in [0.05, 0.1) is 20.9 Å². The second kappa shape index (κ2) is 12.6. The molecule has 0 aliphatic heterocycles. The van der Waals surface area contributed by atoms with Crippen LogP contribution in [0.5, 0.6) is 5.75 Å². The zero-order valence-electron chi connectivity index (χ0n) is 16.7. The molecule has 2 aromatic carbocycles. The molecular weight excluding hydrogens is 521 g/mol. The molecule has 1 aromatic heterocycles. The molecule has 1 heterocycles. The van der Waals surface area contributed by atoms with E-state index in [4.69, 9.17) is 16.6 Å². The molecule has 0 spiro atoms. The fraction of sp³-hybridized carbons (Fsp3) is 0.0588. The second-order valence-corrected chi connectivity index (χ2v) is 7.21. The van der Waals surface area contributed by atoms with Crippen LogP contribution in [0.1, 0.15) is 0 Å². The van der Waals surface area contributed by atoms with Crippen molar-refractivity contribution < 1.29 is 38.7 Å². The Balaban J connectivity index is 0.00000129. The molecule has 3 rings (SSSR count). The summed E-state index contributed by atoms with van der Waals surface area (Å²) in [4.78, 5) is 14.5. The van der Waals surface area contributed by atoms with E-state index in [1.165, 1.54) is 42.6 Å². The minimum absolute atomic E-state index is 0.00864. The van der Waals surface area contributed by atoms with Gasteiger partial charge >= 0.3 is 25.2 Å². The Morgan fingerprint density at radius 1 is 1.15 bits per heavy atom. The third kappa shape index (κ3) is 7.06. The first-order valence-electron chi connectivity index (χ1n) is 8.41. The van der Waals surface area contributed by atoms with Crippen LogP contribution in [0, 0.1) is 10.1 Å². The topological polar surface area (TPSA) is 220 Å². The van der Waals surface area contributed by atoms with Gasteiger partial charge < -0.3 is 21.7 Å². The monoisotopic (exact) mass is 537 g/mol. The number of rotatable bonds is 5. The molecule has 16 heteroatoms. The average Bonchev–Trinajstić information content (AvgIpc) is 2.80. The summed E-state index contributed by atoms with van der Waals surface area (Å²) >= 11 is 2.41. The first-order valence-corrected chi connectivity index (χ1v) is 11.5. The fourth-order valence-corrected chi connectivity index (χ4v) is 3.28. The van der Waals surface area contributed by atoms with Crippen molar-refractivity contribution >= 4 is 54.0 Å². The number of azo groups is 1. The summed E-state index contributed by atoms with van der Waals surface area (Å²) in [6, 6.07) is 9.10. The molecule has 0 fully saturated rings. The van der Waals surface area contributed by atoms with E-state index in [0.29, 0.717) is 0 Å². The Morgan fingerprint density at radius 2 is 1.76 bits per heavy atom. The van der Waals surface area contributed by atoms with Gasteiger partial charge in [-0.2, -0.15) is 13.5 Å². The summed E-state index contributed by atoms with van der Waals surface area (Å²) in [6.07, 6.45) is 1.38. The van der Waals surface area contributed by atoms with Crippen molar-refractivity contribution in [2.45, 2.75) is 4.90 Å². The summed E-state index contributed by atoms with van der Waals surface area (Å²) in [5.74, 6) is -0.974. The zero-order valence-corrected chi connectivity index (χ0v) is 19.5. The van der Waals surface area contributed by atoms with Gasteiger partial charge in [-0.25, -0.2) is 0 Å². The number of pyridine rings is 1. The predicted octanol–water partition coefficient (Wildman–Crippen LogP) is 2.52. The molecule has 0 atom stereocenters. The molecule has 13 nitrogen and oxygen atoms in total. The van der Waals surface area contributed by atoms with E-state index >= 15 is 0 Å². The summed E-state index contributed by atoms with van der Waals surface area (Å²) in [5, 5.41) is 36.5. The van der Waals surface area contributed by atoms with E-state index in [1.54, 1.807) is 0 Å². The molecule has 0 aliphatic rings. The predicted molar refractivity (Wildman–Crippen MR) is 118 cm³/mol. The van der Waals surface area contributed by atoms with Crippen molar-refractivity contribution in [2.24, 2.45) is 26.1 Å². The van der Waals surface area contributed by atoms with Gasteiger partial charge in [-0.15, -0.1) is 9.51 Å². The molecule has 0 aliphatic carbocycles. The molecule has 0 amide bonds. The Bertz CT molecular complexity index is 1280. The van der Waals surface area contributed by atoms with Gasteiger partial charge in [0, 0.05) is 19.4 Å². The van der Waals surface area contributed by atoms with Gasteiger partial charge in [-0.1, -0.05) is 0 Å². The number of aliphatic hydroxyl groups excluding tert-OH is 1. The van der Waals surface area contributed by atoms with Crippen LogP contribution in [-0.2, 0) is 25.1 Å². The SMILES string of the molecule is CO.NC(N)=NS(=O)(=O)c1ccc(N=Nc2cc([N+](=O)[O-])c3cccnc3c2O)cc1.[Cl][Mn+]. The van der Waals surface area contributed by atoms with Crippen molar-refractivity contribution in [3.05, 3.63) is 58.8 Å². The van der Waals surface area contributed by atoms with Gasteiger partial charge in [0.2, 0.25) is 5.96 Å². The number of guanidine groups is 1. The molecule has 0 bridgehead atoms. The fourth-order valence-electron chi connectivity index (χ4n) is 2.41. The minimum atomic E-state index is -4.05. The number of phenolic OH excluding ortho intramolecular Hbond substituents is 1. The van der Waals surface area contributed by atoms with Crippen LogP contribution < -0.4 is 11.5 Å². The van der Waals surface area contributed by atoms with Crippen LogP contribution in [0.2, 0.25) is 0 Å². The molecular formula is C17H17ClMnN7O6S+. The van der Waals surface area contributed by atoms with E-state index in [1.807, 2.05) is 0 Å². The maximum atomic E-state index is 11.9. The number of halogens is 1. The molecule has 0 unspecified atom stereocenters. The number of fused-ring (bicyclic) bond motifs is 1. The zero-order chi connectivity index (χ0) is 25.2. The third-order valence-electron chi connectivity index (χ3n) is 3.65. The van der Waals surface area contributed by atoms with Crippen LogP contribution in [0.15, 0.2) is 68.2 Å². The maximum absolute atomic E-state index is 11.9. The summed E-state index contributed by atoms with van der Waals surface area (Å²) in [7, 11) is 1.40. The van der Waals surface area contributed by atoms with Crippen molar-refractivity contribution in [2.75, 3.05) is 7.11 Å². The molecule has 33 heavy (non-hydrogen) atoms. The Morgan fingerprint density at radius 3 is 2.30 bits per heavy atom. The van der Waals surface area contributed by atoms with Gasteiger partial charge in [-0.05, 0) is 36.4 Å². The molecule has 0 radical (unpaired) electrons.